The van der Waals surface area contributed by atoms with E-state index in [0.29, 0.717) is 11.3 Å². The van der Waals surface area contributed by atoms with Gasteiger partial charge >= 0.3 is 0 Å². The number of carbonyl (C=O) groups is 2. The fourth-order valence-electron chi connectivity index (χ4n) is 4.01. The molecule has 0 atom stereocenters. The molecule has 2 aliphatic rings. The number of amides is 2. The fraction of sp³-hybridized carbons (Fsp3) is 0.333. The van der Waals surface area contributed by atoms with Crippen molar-refractivity contribution in [3.8, 4) is 5.75 Å². The summed E-state index contributed by atoms with van der Waals surface area (Å²) in [5.41, 5.74) is 3.93. The van der Waals surface area contributed by atoms with Crippen molar-refractivity contribution in [3.05, 3.63) is 70.9 Å². The van der Waals surface area contributed by atoms with Crippen molar-refractivity contribution >= 4 is 17.4 Å². The third-order valence-electron chi connectivity index (χ3n) is 5.66. The van der Waals surface area contributed by atoms with Gasteiger partial charge in [-0.15, -0.1) is 0 Å². The van der Waals surface area contributed by atoms with Crippen LogP contribution < -0.4 is 4.74 Å². The lowest BCUT2D eigenvalue weighted by Gasteiger charge is -2.29. The van der Waals surface area contributed by atoms with Gasteiger partial charge in [0.15, 0.2) is 0 Å². The summed E-state index contributed by atoms with van der Waals surface area (Å²) in [5.74, 6) is 0.346. The largest absolute Gasteiger partial charge is 0.497 e. The number of hydrogen-bond acceptors (Lipinski definition) is 4. The average molecular weight is 390 g/mol. The number of likely N-dealkylation sites (tertiary alicyclic amines) is 1. The molecule has 2 aliphatic heterocycles. The summed E-state index contributed by atoms with van der Waals surface area (Å²) >= 11 is 0. The van der Waals surface area contributed by atoms with Crippen LogP contribution in [0.3, 0.4) is 0 Å². The second-order valence-corrected chi connectivity index (χ2v) is 7.68. The number of imide groups is 1. The lowest BCUT2D eigenvalue weighted by atomic mass is 10.0. The highest BCUT2D eigenvalue weighted by atomic mass is 16.5. The number of aryl methyl sites for hydroxylation is 1. The van der Waals surface area contributed by atoms with Gasteiger partial charge < -0.3 is 9.64 Å². The quantitative estimate of drug-likeness (QED) is 0.730. The molecule has 5 heteroatoms. The number of nitrogens with zero attached hydrogens (tertiary/aromatic N) is 2. The summed E-state index contributed by atoms with van der Waals surface area (Å²) in [6.07, 6.45) is 3.26. The van der Waals surface area contributed by atoms with Gasteiger partial charge in [0.05, 0.1) is 19.2 Å². The maximum absolute atomic E-state index is 13.4. The molecule has 0 radical (unpaired) electrons. The molecule has 1 saturated heterocycles. The van der Waals surface area contributed by atoms with Crippen LogP contribution >= 0.6 is 0 Å². The summed E-state index contributed by atoms with van der Waals surface area (Å²) in [4.78, 5) is 30.2. The summed E-state index contributed by atoms with van der Waals surface area (Å²) in [6, 6.07) is 15.3. The van der Waals surface area contributed by atoms with Gasteiger partial charge in [-0.3, -0.25) is 14.5 Å². The minimum Gasteiger partial charge on any atom is -0.497 e. The van der Waals surface area contributed by atoms with E-state index >= 15 is 0 Å². The third kappa shape index (κ3) is 3.77. The Bertz CT molecular complexity index is 939. The molecule has 0 aliphatic carbocycles. The lowest BCUT2D eigenvalue weighted by Crippen LogP contribution is -2.36. The maximum atomic E-state index is 13.4. The van der Waals surface area contributed by atoms with Crippen LogP contribution in [0.25, 0.3) is 5.57 Å². The highest BCUT2D eigenvalue weighted by Gasteiger charge is 2.41. The summed E-state index contributed by atoms with van der Waals surface area (Å²) < 4.78 is 5.20. The molecular weight excluding hydrogens is 364 g/mol. The van der Waals surface area contributed by atoms with E-state index in [1.54, 1.807) is 7.11 Å². The van der Waals surface area contributed by atoms with E-state index in [9.17, 15) is 9.59 Å². The second-order valence-electron chi connectivity index (χ2n) is 7.68. The molecule has 0 N–H and O–H groups in total. The van der Waals surface area contributed by atoms with E-state index in [0.717, 1.165) is 48.4 Å². The molecule has 1 fully saturated rings. The molecular formula is C24H26N2O3. The van der Waals surface area contributed by atoms with Crippen LogP contribution in [0.5, 0.6) is 5.75 Å². The Labute approximate surface area is 171 Å². The number of benzene rings is 2. The molecule has 2 aromatic rings. The molecule has 0 spiro atoms. The standard InChI is InChI=1S/C24H26N2O3/c1-17-6-10-19(11-7-17)21-22(25-14-4-3-5-15-25)24(28)26(23(21)27)16-18-8-12-20(29-2)13-9-18/h6-13H,3-5,14-16H2,1-2H3. The first-order valence-corrected chi connectivity index (χ1v) is 10.1. The van der Waals surface area contributed by atoms with Gasteiger partial charge in [0.25, 0.3) is 11.8 Å². The van der Waals surface area contributed by atoms with Gasteiger partial charge in [0, 0.05) is 13.1 Å². The SMILES string of the molecule is COc1ccc(CN2C(=O)C(c3ccc(C)cc3)=C(N3CCCCC3)C2=O)cc1. The highest BCUT2D eigenvalue weighted by Crippen LogP contribution is 2.34. The van der Waals surface area contributed by atoms with E-state index in [4.69, 9.17) is 4.74 Å². The van der Waals surface area contributed by atoms with Crippen LogP contribution in [-0.2, 0) is 16.1 Å². The zero-order valence-electron chi connectivity index (χ0n) is 17.0. The van der Waals surface area contributed by atoms with Gasteiger partial charge in [-0.2, -0.15) is 0 Å². The molecule has 0 bridgehead atoms. The van der Waals surface area contributed by atoms with Crippen LogP contribution in [0.2, 0.25) is 0 Å². The Kier molecular flexibility index (Phi) is 5.38. The number of carbonyl (C=O) groups excluding carboxylic acids is 2. The maximum Gasteiger partial charge on any atom is 0.278 e. The van der Waals surface area contributed by atoms with Crippen molar-refractivity contribution in [1.29, 1.82) is 0 Å². The van der Waals surface area contributed by atoms with Gasteiger partial charge in [-0.25, -0.2) is 0 Å². The zero-order valence-corrected chi connectivity index (χ0v) is 17.0. The molecule has 5 nitrogen and oxygen atoms in total. The summed E-state index contributed by atoms with van der Waals surface area (Å²) in [7, 11) is 1.62. The van der Waals surface area contributed by atoms with Gasteiger partial charge in [0.1, 0.15) is 11.4 Å². The predicted molar refractivity (Wildman–Crippen MR) is 112 cm³/mol. The Morgan fingerprint density at radius 3 is 2.14 bits per heavy atom. The first kappa shape index (κ1) is 19.2. The Morgan fingerprint density at radius 2 is 1.52 bits per heavy atom. The van der Waals surface area contributed by atoms with Crippen LogP contribution in [0, 0.1) is 6.92 Å². The van der Waals surface area contributed by atoms with Crippen molar-refractivity contribution < 1.29 is 14.3 Å². The van der Waals surface area contributed by atoms with Gasteiger partial charge in [-0.1, -0.05) is 42.0 Å². The second kappa shape index (κ2) is 8.11. The highest BCUT2D eigenvalue weighted by molar-refractivity contribution is 6.35. The van der Waals surface area contributed by atoms with Gasteiger partial charge in [-0.05, 0) is 49.4 Å². The molecule has 2 heterocycles. The van der Waals surface area contributed by atoms with E-state index < -0.39 is 0 Å². The molecule has 150 valence electrons. The molecule has 2 aromatic carbocycles. The minimum atomic E-state index is -0.213. The molecule has 4 rings (SSSR count). The Balaban J connectivity index is 1.69. The normalized spacial score (nSPS) is 17.3. The lowest BCUT2D eigenvalue weighted by molar-refractivity contribution is -0.138. The number of methoxy groups -OCH3 is 1. The summed E-state index contributed by atoms with van der Waals surface area (Å²) in [6.45, 7) is 3.91. The van der Waals surface area contributed by atoms with Crippen LogP contribution in [0.1, 0.15) is 36.0 Å². The first-order valence-electron chi connectivity index (χ1n) is 10.1. The van der Waals surface area contributed by atoms with Crippen molar-refractivity contribution in [2.75, 3.05) is 20.2 Å². The fourth-order valence-corrected chi connectivity index (χ4v) is 4.01. The van der Waals surface area contributed by atoms with Crippen molar-refractivity contribution in [1.82, 2.24) is 9.80 Å². The Hall–Kier alpha value is -3.08. The number of hydrogen-bond donors (Lipinski definition) is 0. The number of rotatable bonds is 5. The monoisotopic (exact) mass is 390 g/mol. The summed E-state index contributed by atoms with van der Waals surface area (Å²) in [5, 5.41) is 0. The zero-order chi connectivity index (χ0) is 20.4. The molecule has 0 unspecified atom stereocenters. The number of ether oxygens (including phenoxy) is 1. The van der Waals surface area contributed by atoms with Crippen molar-refractivity contribution in [2.45, 2.75) is 32.7 Å². The predicted octanol–water partition coefficient (Wildman–Crippen LogP) is 3.77. The van der Waals surface area contributed by atoms with Crippen molar-refractivity contribution in [3.63, 3.8) is 0 Å². The van der Waals surface area contributed by atoms with E-state index in [-0.39, 0.29) is 18.4 Å². The number of piperidine rings is 1. The van der Waals surface area contributed by atoms with Gasteiger partial charge in [0.2, 0.25) is 0 Å². The molecule has 0 aromatic heterocycles. The molecule has 29 heavy (non-hydrogen) atoms. The smallest absolute Gasteiger partial charge is 0.278 e. The Morgan fingerprint density at radius 1 is 0.862 bits per heavy atom. The topological polar surface area (TPSA) is 49.9 Å². The minimum absolute atomic E-state index is 0.191. The van der Waals surface area contributed by atoms with E-state index in [2.05, 4.69) is 4.90 Å². The van der Waals surface area contributed by atoms with Crippen LogP contribution in [-0.4, -0.2) is 41.8 Å². The van der Waals surface area contributed by atoms with Crippen LogP contribution in [0.4, 0.5) is 0 Å². The average Bonchev–Trinajstić information content (AvgIpc) is 3.00. The van der Waals surface area contributed by atoms with E-state index in [1.165, 1.54) is 11.3 Å². The molecule has 0 saturated carbocycles. The first-order chi connectivity index (χ1) is 14.1. The third-order valence-corrected chi connectivity index (χ3v) is 5.66. The van der Waals surface area contributed by atoms with E-state index in [1.807, 2.05) is 55.5 Å². The van der Waals surface area contributed by atoms with Crippen molar-refractivity contribution in [2.24, 2.45) is 0 Å². The molecule has 2 amide bonds. The van der Waals surface area contributed by atoms with Crippen LogP contribution in [0.15, 0.2) is 54.2 Å².